The molecular formula is C17H20ClNO3. The van der Waals surface area contributed by atoms with Crippen LogP contribution in [0.1, 0.15) is 18.2 Å². The molecule has 22 heavy (non-hydrogen) atoms. The van der Waals surface area contributed by atoms with Crippen LogP contribution in [0.5, 0.6) is 11.5 Å². The maximum Gasteiger partial charge on any atom is 0.162 e. The van der Waals surface area contributed by atoms with E-state index in [1.165, 1.54) is 0 Å². The van der Waals surface area contributed by atoms with Crippen molar-refractivity contribution in [1.29, 1.82) is 0 Å². The SMILES string of the molecule is C#CCOc1ccc(CNCc2ccco2)cc1OCC.Cl. The van der Waals surface area contributed by atoms with E-state index in [9.17, 15) is 0 Å². The molecule has 0 amide bonds. The van der Waals surface area contributed by atoms with Gasteiger partial charge < -0.3 is 19.2 Å². The van der Waals surface area contributed by atoms with Crippen LogP contribution in [-0.4, -0.2) is 13.2 Å². The van der Waals surface area contributed by atoms with Crippen molar-refractivity contribution in [2.75, 3.05) is 13.2 Å². The number of terminal acetylenes is 1. The number of rotatable bonds is 8. The van der Waals surface area contributed by atoms with E-state index in [4.69, 9.17) is 20.3 Å². The van der Waals surface area contributed by atoms with Gasteiger partial charge in [0.05, 0.1) is 19.4 Å². The van der Waals surface area contributed by atoms with Gasteiger partial charge in [-0.05, 0) is 36.8 Å². The number of ether oxygens (including phenoxy) is 2. The molecule has 0 saturated heterocycles. The molecule has 1 aromatic carbocycles. The van der Waals surface area contributed by atoms with Crippen LogP contribution >= 0.6 is 12.4 Å². The first kappa shape index (κ1) is 18.0. The lowest BCUT2D eigenvalue weighted by atomic mass is 10.2. The first-order chi connectivity index (χ1) is 10.3. The number of benzene rings is 1. The zero-order chi connectivity index (χ0) is 14.9. The molecule has 0 bridgehead atoms. The van der Waals surface area contributed by atoms with Crippen molar-refractivity contribution in [1.82, 2.24) is 5.32 Å². The summed E-state index contributed by atoms with van der Waals surface area (Å²) in [4.78, 5) is 0. The minimum atomic E-state index is 0. The molecule has 0 aliphatic rings. The Morgan fingerprint density at radius 1 is 1.18 bits per heavy atom. The summed E-state index contributed by atoms with van der Waals surface area (Å²) in [6.45, 7) is 4.15. The van der Waals surface area contributed by atoms with Crippen LogP contribution < -0.4 is 14.8 Å². The van der Waals surface area contributed by atoms with Gasteiger partial charge in [0.25, 0.3) is 0 Å². The Hall–Kier alpha value is -2.09. The molecule has 4 nitrogen and oxygen atoms in total. The largest absolute Gasteiger partial charge is 0.490 e. The number of halogens is 1. The van der Waals surface area contributed by atoms with Gasteiger partial charge in [0, 0.05) is 6.54 Å². The Bertz CT molecular complexity index is 590. The zero-order valence-electron chi connectivity index (χ0n) is 12.5. The van der Waals surface area contributed by atoms with Crippen molar-refractivity contribution in [3.05, 3.63) is 47.9 Å². The van der Waals surface area contributed by atoms with E-state index >= 15 is 0 Å². The highest BCUT2D eigenvalue weighted by Crippen LogP contribution is 2.28. The van der Waals surface area contributed by atoms with Crippen molar-refractivity contribution >= 4 is 12.4 Å². The van der Waals surface area contributed by atoms with Crippen molar-refractivity contribution < 1.29 is 13.9 Å². The number of furan rings is 1. The summed E-state index contributed by atoms with van der Waals surface area (Å²) in [5.41, 5.74) is 1.11. The third kappa shape index (κ3) is 5.36. The first-order valence-electron chi connectivity index (χ1n) is 6.88. The zero-order valence-corrected chi connectivity index (χ0v) is 13.3. The highest BCUT2D eigenvalue weighted by molar-refractivity contribution is 5.85. The van der Waals surface area contributed by atoms with Gasteiger partial charge >= 0.3 is 0 Å². The average Bonchev–Trinajstić information content (AvgIpc) is 3.00. The van der Waals surface area contributed by atoms with Gasteiger partial charge in [-0.3, -0.25) is 0 Å². The predicted molar refractivity (Wildman–Crippen MR) is 88.4 cm³/mol. The Kier molecular flexibility index (Phi) is 7.98. The lowest BCUT2D eigenvalue weighted by molar-refractivity contribution is 0.299. The minimum Gasteiger partial charge on any atom is -0.490 e. The van der Waals surface area contributed by atoms with Crippen molar-refractivity contribution in [2.24, 2.45) is 0 Å². The van der Waals surface area contributed by atoms with E-state index in [1.807, 2.05) is 37.3 Å². The maximum atomic E-state index is 5.59. The van der Waals surface area contributed by atoms with Crippen LogP contribution in [0.2, 0.25) is 0 Å². The number of hydrogen-bond acceptors (Lipinski definition) is 4. The van der Waals surface area contributed by atoms with Crippen molar-refractivity contribution in [3.8, 4) is 23.8 Å². The second-order valence-corrected chi connectivity index (χ2v) is 4.39. The molecule has 1 heterocycles. The highest BCUT2D eigenvalue weighted by Gasteiger charge is 2.06. The molecular weight excluding hydrogens is 302 g/mol. The van der Waals surface area contributed by atoms with Gasteiger partial charge in [-0.25, -0.2) is 0 Å². The third-order valence-corrected chi connectivity index (χ3v) is 2.83. The summed E-state index contributed by atoms with van der Waals surface area (Å²) >= 11 is 0. The summed E-state index contributed by atoms with van der Waals surface area (Å²) < 4.78 is 16.3. The summed E-state index contributed by atoms with van der Waals surface area (Å²) in [6, 6.07) is 9.65. The van der Waals surface area contributed by atoms with Gasteiger partial charge in [0.1, 0.15) is 12.4 Å². The van der Waals surface area contributed by atoms with E-state index in [2.05, 4.69) is 11.2 Å². The maximum absolute atomic E-state index is 5.59. The fourth-order valence-corrected chi connectivity index (χ4v) is 1.91. The predicted octanol–water partition coefficient (Wildman–Crippen LogP) is 3.40. The van der Waals surface area contributed by atoms with Crippen LogP contribution in [0, 0.1) is 12.3 Å². The minimum absolute atomic E-state index is 0. The van der Waals surface area contributed by atoms with Gasteiger partial charge in [0.2, 0.25) is 0 Å². The highest BCUT2D eigenvalue weighted by atomic mass is 35.5. The van der Waals surface area contributed by atoms with Crippen LogP contribution in [0.3, 0.4) is 0 Å². The van der Waals surface area contributed by atoms with Crippen molar-refractivity contribution in [2.45, 2.75) is 20.0 Å². The smallest absolute Gasteiger partial charge is 0.162 e. The molecule has 0 aliphatic carbocycles. The molecule has 0 unspecified atom stereocenters. The normalized spacial score (nSPS) is 9.64. The summed E-state index contributed by atoms with van der Waals surface area (Å²) in [5, 5.41) is 3.31. The molecule has 0 aliphatic heterocycles. The molecule has 0 spiro atoms. The molecule has 0 fully saturated rings. The Morgan fingerprint density at radius 3 is 2.73 bits per heavy atom. The fraction of sp³-hybridized carbons (Fsp3) is 0.294. The monoisotopic (exact) mass is 321 g/mol. The van der Waals surface area contributed by atoms with E-state index in [1.54, 1.807) is 6.26 Å². The molecule has 5 heteroatoms. The molecule has 0 atom stereocenters. The first-order valence-corrected chi connectivity index (χ1v) is 6.88. The molecule has 0 radical (unpaired) electrons. The van der Waals surface area contributed by atoms with Crippen LogP contribution in [0.25, 0.3) is 0 Å². The second kappa shape index (κ2) is 9.78. The van der Waals surface area contributed by atoms with E-state index in [0.717, 1.165) is 17.9 Å². The molecule has 1 N–H and O–H groups in total. The van der Waals surface area contributed by atoms with Gasteiger partial charge in [-0.2, -0.15) is 0 Å². The van der Waals surface area contributed by atoms with Crippen LogP contribution in [-0.2, 0) is 13.1 Å². The number of nitrogens with one attached hydrogen (secondary N) is 1. The molecule has 1 aromatic heterocycles. The van der Waals surface area contributed by atoms with Crippen molar-refractivity contribution in [3.63, 3.8) is 0 Å². The lowest BCUT2D eigenvalue weighted by Crippen LogP contribution is -2.12. The Morgan fingerprint density at radius 2 is 2.05 bits per heavy atom. The summed E-state index contributed by atoms with van der Waals surface area (Å²) in [6.07, 6.45) is 6.88. The van der Waals surface area contributed by atoms with E-state index < -0.39 is 0 Å². The summed E-state index contributed by atoms with van der Waals surface area (Å²) in [5.74, 6) is 4.74. The van der Waals surface area contributed by atoms with E-state index in [0.29, 0.717) is 24.7 Å². The van der Waals surface area contributed by atoms with Crippen LogP contribution in [0.4, 0.5) is 0 Å². The summed E-state index contributed by atoms with van der Waals surface area (Å²) in [7, 11) is 0. The van der Waals surface area contributed by atoms with Gasteiger partial charge in [-0.15, -0.1) is 18.8 Å². The Labute approximate surface area is 137 Å². The quantitative estimate of drug-likeness (QED) is 0.757. The third-order valence-electron chi connectivity index (χ3n) is 2.83. The van der Waals surface area contributed by atoms with Gasteiger partial charge in [0.15, 0.2) is 11.5 Å². The molecule has 2 aromatic rings. The fourth-order valence-electron chi connectivity index (χ4n) is 1.91. The topological polar surface area (TPSA) is 43.6 Å². The lowest BCUT2D eigenvalue weighted by Gasteiger charge is -2.12. The molecule has 118 valence electrons. The average molecular weight is 322 g/mol. The Balaban J connectivity index is 0.00000242. The standard InChI is InChI=1S/C17H19NO3.ClH/c1-3-9-21-16-8-7-14(11-17(16)19-4-2)12-18-13-15-6-5-10-20-15;/h1,5-8,10-11,18H,4,9,12-13H2,2H3;1H. The van der Waals surface area contributed by atoms with E-state index in [-0.39, 0.29) is 19.0 Å². The molecule has 2 rings (SSSR count). The van der Waals surface area contributed by atoms with Gasteiger partial charge in [-0.1, -0.05) is 12.0 Å². The number of hydrogen-bond donors (Lipinski definition) is 1. The second-order valence-electron chi connectivity index (χ2n) is 4.39. The van der Waals surface area contributed by atoms with Crippen LogP contribution in [0.15, 0.2) is 41.0 Å². The molecule has 0 saturated carbocycles.